The minimum atomic E-state index is -4.48. The number of hydrogen-bond donors (Lipinski definition) is 1. The van der Waals surface area contributed by atoms with E-state index in [-0.39, 0.29) is 5.69 Å². The normalized spacial score (nSPS) is 11.4. The summed E-state index contributed by atoms with van der Waals surface area (Å²) in [5.74, 6) is 0.503. The third-order valence-electron chi connectivity index (χ3n) is 4.72. The number of benzene rings is 3. The molecule has 32 heavy (non-hydrogen) atoms. The Morgan fingerprint density at radius 1 is 1.00 bits per heavy atom. The zero-order valence-electron chi connectivity index (χ0n) is 17.6. The monoisotopic (exact) mass is 441 g/mol. The van der Waals surface area contributed by atoms with Crippen molar-refractivity contribution in [2.24, 2.45) is 0 Å². The first kappa shape index (κ1) is 22.9. The molecular formula is C25H22F3NO3. The molecule has 3 rings (SSSR count). The zero-order chi connectivity index (χ0) is 23.1. The third kappa shape index (κ3) is 6.14. The van der Waals surface area contributed by atoms with Gasteiger partial charge in [-0.2, -0.15) is 13.2 Å². The van der Waals surface area contributed by atoms with Crippen LogP contribution in [0.15, 0.2) is 72.8 Å². The molecule has 1 N–H and O–H groups in total. The van der Waals surface area contributed by atoms with Gasteiger partial charge in [0.2, 0.25) is 5.91 Å². The molecule has 0 bridgehead atoms. The highest BCUT2D eigenvalue weighted by Gasteiger charge is 2.30. The van der Waals surface area contributed by atoms with Crippen LogP contribution in [0.4, 0.5) is 18.9 Å². The van der Waals surface area contributed by atoms with Gasteiger partial charge in [-0.25, -0.2) is 0 Å². The Bertz CT molecular complexity index is 1120. The Labute approximate surface area is 184 Å². The molecule has 0 aromatic heterocycles. The number of rotatable bonds is 7. The van der Waals surface area contributed by atoms with Gasteiger partial charge in [0.05, 0.1) is 12.7 Å². The number of halogens is 3. The number of amides is 1. The molecule has 166 valence electrons. The summed E-state index contributed by atoms with van der Waals surface area (Å²) in [5, 5.41) is 2.43. The van der Waals surface area contributed by atoms with E-state index in [0.29, 0.717) is 23.7 Å². The van der Waals surface area contributed by atoms with E-state index in [1.54, 1.807) is 18.2 Å². The van der Waals surface area contributed by atoms with Gasteiger partial charge in [0, 0.05) is 11.8 Å². The number of methoxy groups -OCH3 is 1. The van der Waals surface area contributed by atoms with E-state index in [1.807, 2.05) is 31.2 Å². The van der Waals surface area contributed by atoms with Gasteiger partial charge in [-0.15, -0.1) is 0 Å². The molecule has 0 spiro atoms. The number of nitrogens with one attached hydrogen (secondary N) is 1. The number of anilines is 1. The van der Waals surface area contributed by atoms with Crippen LogP contribution in [0.3, 0.4) is 0 Å². The maximum atomic E-state index is 12.8. The fourth-order valence-corrected chi connectivity index (χ4v) is 2.96. The van der Waals surface area contributed by atoms with E-state index >= 15 is 0 Å². The summed E-state index contributed by atoms with van der Waals surface area (Å²) in [4.78, 5) is 12.1. The van der Waals surface area contributed by atoms with E-state index in [1.165, 1.54) is 31.4 Å². The van der Waals surface area contributed by atoms with Gasteiger partial charge in [-0.3, -0.25) is 4.79 Å². The van der Waals surface area contributed by atoms with Crippen LogP contribution >= 0.6 is 0 Å². The Kier molecular flexibility index (Phi) is 7.20. The highest BCUT2D eigenvalue weighted by Crippen LogP contribution is 2.31. The van der Waals surface area contributed by atoms with E-state index < -0.39 is 17.6 Å². The summed E-state index contributed by atoms with van der Waals surface area (Å²) in [6.07, 6.45) is -1.70. The molecule has 0 heterocycles. The molecule has 0 aliphatic rings. The van der Waals surface area contributed by atoms with Gasteiger partial charge in [0.15, 0.2) is 11.5 Å². The Balaban J connectivity index is 1.65. The standard InChI is InChI=1S/C25H22F3NO3/c1-17-6-3-4-7-19(17)16-32-22-12-10-18(14-23(22)31-2)11-13-24(30)29-21-9-5-8-20(15-21)25(26,27)28/h3-15H,16H2,1-2H3,(H,29,30)/b13-11+. The Hall–Kier alpha value is -3.74. The molecule has 1 amide bonds. The molecule has 0 saturated carbocycles. The first-order chi connectivity index (χ1) is 15.3. The van der Waals surface area contributed by atoms with Crippen molar-refractivity contribution in [3.8, 4) is 11.5 Å². The van der Waals surface area contributed by atoms with Crippen molar-refractivity contribution >= 4 is 17.7 Å². The summed E-state index contributed by atoms with van der Waals surface area (Å²) in [7, 11) is 1.52. The number of carbonyl (C=O) groups is 1. The summed E-state index contributed by atoms with van der Waals surface area (Å²) >= 11 is 0. The lowest BCUT2D eigenvalue weighted by Crippen LogP contribution is -2.10. The molecule has 0 aliphatic carbocycles. The first-order valence-corrected chi connectivity index (χ1v) is 9.78. The first-order valence-electron chi connectivity index (χ1n) is 9.78. The molecule has 0 fully saturated rings. The molecule has 0 unspecified atom stereocenters. The second kappa shape index (κ2) is 10.0. The number of aryl methyl sites for hydroxylation is 1. The third-order valence-corrected chi connectivity index (χ3v) is 4.72. The molecule has 0 aliphatic heterocycles. The van der Waals surface area contributed by atoms with Crippen molar-refractivity contribution in [1.29, 1.82) is 0 Å². The van der Waals surface area contributed by atoms with Crippen LogP contribution in [-0.2, 0) is 17.6 Å². The van der Waals surface area contributed by atoms with Crippen LogP contribution in [0.25, 0.3) is 6.08 Å². The van der Waals surface area contributed by atoms with Crippen LogP contribution in [0.5, 0.6) is 11.5 Å². The van der Waals surface area contributed by atoms with Crippen molar-refractivity contribution < 1.29 is 27.4 Å². The minimum Gasteiger partial charge on any atom is -0.493 e. The Morgan fingerprint density at radius 3 is 2.50 bits per heavy atom. The summed E-state index contributed by atoms with van der Waals surface area (Å²) in [6, 6.07) is 17.6. The maximum absolute atomic E-state index is 12.8. The average molecular weight is 441 g/mol. The van der Waals surface area contributed by atoms with Crippen molar-refractivity contribution in [2.75, 3.05) is 12.4 Å². The van der Waals surface area contributed by atoms with Crippen LogP contribution in [0.1, 0.15) is 22.3 Å². The van der Waals surface area contributed by atoms with Crippen LogP contribution < -0.4 is 14.8 Å². The molecule has 0 atom stereocenters. The van der Waals surface area contributed by atoms with Gasteiger partial charge >= 0.3 is 6.18 Å². The van der Waals surface area contributed by atoms with Crippen molar-refractivity contribution in [1.82, 2.24) is 0 Å². The fourth-order valence-electron chi connectivity index (χ4n) is 2.96. The van der Waals surface area contributed by atoms with Crippen LogP contribution in [-0.4, -0.2) is 13.0 Å². The van der Waals surface area contributed by atoms with Gasteiger partial charge < -0.3 is 14.8 Å². The fraction of sp³-hybridized carbons (Fsp3) is 0.160. The van der Waals surface area contributed by atoms with Crippen LogP contribution in [0, 0.1) is 6.92 Å². The van der Waals surface area contributed by atoms with E-state index in [0.717, 1.165) is 23.3 Å². The molecule has 0 saturated heterocycles. The summed E-state index contributed by atoms with van der Waals surface area (Å²) in [6.45, 7) is 2.39. The number of alkyl halides is 3. The lowest BCUT2D eigenvalue weighted by molar-refractivity contribution is -0.137. The second-order valence-electron chi connectivity index (χ2n) is 7.03. The van der Waals surface area contributed by atoms with E-state index in [9.17, 15) is 18.0 Å². The largest absolute Gasteiger partial charge is 0.493 e. The van der Waals surface area contributed by atoms with Gasteiger partial charge in [0.25, 0.3) is 0 Å². The van der Waals surface area contributed by atoms with E-state index in [4.69, 9.17) is 9.47 Å². The zero-order valence-corrected chi connectivity index (χ0v) is 17.6. The van der Waals surface area contributed by atoms with Gasteiger partial charge in [0.1, 0.15) is 6.61 Å². The topological polar surface area (TPSA) is 47.6 Å². The average Bonchev–Trinajstić information content (AvgIpc) is 2.77. The van der Waals surface area contributed by atoms with Crippen molar-refractivity contribution in [3.05, 3.63) is 95.1 Å². The van der Waals surface area contributed by atoms with Gasteiger partial charge in [-0.1, -0.05) is 36.4 Å². The summed E-state index contributed by atoms with van der Waals surface area (Å²) < 4.78 is 49.7. The SMILES string of the molecule is COc1cc(/C=C/C(=O)Nc2cccc(C(F)(F)F)c2)ccc1OCc1ccccc1C. The van der Waals surface area contributed by atoms with Gasteiger partial charge in [-0.05, 0) is 60.0 Å². The molecular weight excluding hydrogens is 419 g/mol. The maximum Gasteiger partial charge on any atom is 0.416 e. The molecule has 4 nitrogen and oxygen atoms in total. The summed E-state index contributed by atoms with van der Waals surface area (Å²) in [5.41, 5.74) is 2.09. The van der Waals surface area contributed by atoms with Crippen molar-refractivity contribution in [2.45, 2.75) is 19.7 Å². The quantitative estimate of drug-likeness (QED) is 0.441. The lowest BCUT2D eigenvalue weighted by Gasteiger charge is -2.12. The Morgan fingerprint density at radius 2 is 1.78 bits per heavy atom. The lowest BCUT2D eigenvalue weighted by atomic mass is 10.1. The molecule has 0 radical (unpaired) electrons. The van der Waals surface area contributed by atoms with Crippen LogP contribution in [0.2, 0.25) is 0 Å². The van der Waals surface area contributed by atoms with E-state index in [2.05, 4.69) is 5.32 Å². The van der Waals surface area contributed by atoms with Crippen molar-refractivity contribution in [3.63, 3.8) is 0 Å². The number of hydrogen-bond acceptors (Lipinski definition) is 3. The smallest absolute Gasteiger partial charge is 0.416 e. The number of carbonyl (C=O) groups excluding carboxylic acids is 1. The minimum absolute atomic E-state index is 0.0620. The second-order valence-corrected chi connectivity index (χ2v) is 7.03. The predicted molar refractivity (Wildman–Crippen MR) is 118 cm³/mol. The predicted octanol–water partition coefficient (Wildman–Crippen LogP) is 6.25. The molecule has 7 heteroatoms. The number of ether oxygens (including phenoxy) is 2. The molecule has 3 aromatic rings. The highest BCUT2D eigenvalue weighted by molar-refractivity contribution is 6.02. The molecule has 3 aromatic carbocycles. The highest BCUT2D eigenvalue weighted by atomic mass is 19.4.